The first-order valence-corrected chi connectivity index (χ1v) is 6.34. The first-order chi connectivity index (χ1) is 9.06. The summed E-state index contributed by atoms with van der Waals surface area (Å²) >= 11 is 3.31. The van der Waals surface area contributed by atoms with Gasteiger partial charge in [-0.3, -0.25) is 9.59 Å². The van der Waals surface area contributed by atoms with E-state index >= 15 is 0 Å². The summed E-state index contributed by atoms with van der Waals surface area (Å²) in [5.41, 5.74) is 0.778. The third-order valence-corrected chi connectivity index (χ3v) is 2.97. The normalized spacial score (nSPS) is 11.2. The molecule has 1 N–H and O–H groups in total. The van der Waals surface area contributed by atoms with Crippen LogP contribution in [0.3, 0.4) is 0 Å². The first kappa shape index (κ1) is 15.2. The maximum Gasteiger partial charge on any atom is 0.307 e. The maximum absolute atomic E-state index is 11.5. The zero-order chi connectivity index (χ0) is 14.3. The van der Waals surface area contributed by atoms with Gasteiger partial charge in [0.25, 0.3) is 0 Å². The minimum absolute atomic E-state index is 0.0231. The van der Waals surface area contributed by atoms with Gasteiger partial charge in [0.2, 0.25) is 5.91 Å². The zero-order valence-corrected chi connectivity index (χ0v) is 11.9. The van der Waals surface area contributed by atoms with Gasteiger partial charge in [-0.2, -0.15) is 5.26 Å². The van der Waals surface area contributed by atoms with Crippen molar-refractivity contribution < 1.29 is 14.3 Å². The smallest absolute Gasteiger partial charge is 0.307 e. The van der Waals surface area contributed by atoms with Crippen LogP contribution in [0, 0.1) is 11.3 Å². The molecule has 0 aromatic heterocycles. The van der Waals surface area contributed by atoms with Crippen molar-refractivity contribution in [2.45, 2.75) is 18.9 Å². The van der Waals surface area contributed by atoms with Gasteiger partial charge in [0.05, 0.1) is 25.6 Å². The Bertz CT molecular complexity index is 494. The molecule has 1 atom stereocenters. The van der Waals surface area contributed by atoms with Crippen molar-refractivity contribution in [2.24, 2.45) is 0 Å². The third kappa shape index (κ3) is 5.10. The van der Waals surface area contributed by atoms with Crippen LogP contribution in [0.1, 0.15) is 24.4 Å². The number of nitrogens with one attached hydrogen (secondary N) is 1. The molecule has 1 rings (SSSR count). The Balaban J connectivity index is 2.85. The molecule has 0 bridgehead atoms. The lowest BCUT2D eigenvalue weighted by molar-refractivity contribution is -0.141. The number of ether oxygens (including phenoxy) is 1. The van der Waals surface area contributed by atoms with E-state index in [1.54, 1.807) is 18.2 Å². The van der Waals surface area contributed by atoms with E-state index < -0.39 is 17.9 Å². The Morgan fingerprint density at radius 2 is 2.05 bits per heavy atom. The Labute approximate surface area is 119 Å². The van der Waals surface area contributed by atoms with Crippen LogP contribution in [0.15, 0.2) is 28.7 Å². The average Bonchev–Trinajstić information content (AvgIpc) is 2.39. The third-order valence-electron chi connectivity index (χ3n) is 2.45. The van der Waals surface area contributed by atoms with Gasteiger partial charge < -0.3 is 10.1 Å². The van der Waals surface area contributed by atoms with E-state index in [0.29, 0.717) is 0 Å². The van der Waals surface area contributed by atoms with Crippen LogP contribution < -0.4 is 5.32 Å². The number of benzene rings is 1. The summed E-state index contributed by atoms with van der Waals surface area (Å²) in [6, 6.07) is 8.49. The maximum atomic E-state index is 11.5. The van der Waals surface area contributed by atoms with Crippen LogP contribution in [-0.4, -0.2) is 19.0 Å². The molecule has 0 aliphatic heterocycles. The average molecular weight is 325 g/mol. The van der Waals surface area contributed by atoms with Crippen molar-refractivity contribution in [1.82, 2.24) is 5.32 Å². The van der Waals surface area contributed by atoms with Gasteiger partial charge in [-0.25, -0.2) is 0 Å². The number of hydrogen-bond donors (Lipinski definition) is 1. The molecule has 0 aliphatic rings. The standard InChI is InChI=1S/C13H13BrN2O3/c1-19-13(18)8-11(16-12(17)6-7-15)9-2-4-10(14)5-3-9/h2-5,11H,6,8H2,1H3,(H,16,17). The molecular formula is C13H13BrN2O3. The first-order valence-electron chi connectivity index (χ1n) is 5.55. The Morgan fingerprint density at radius 3 is 2.58 bits per heavy atom. The molecule has 0 aliphatic carbocycles. The predicted molar refractivity (Wildman–Crippen MR) is 71.9 cm³/mol. The lowest BCUT2D eigenvalue weighted by Gasteiger charge is -2.17. The van der Waals surface area contributed by atoms with Crippen molar-refractivity contribution in [3.8, 4) is 6.07 Å². The van der Waals surface area contributed by atoms with Crippen molar-refractivity contribution >= 4 is 27.8 Å². The lowest BCUT2D eigenvalue weighted by Crippen LogP contribution is -2.30. The second-order valence-electron chi connectivity index (χ2n) is 3.79. The van der Waals surface area contributed by atoms with E-state index in [-0.39, 0.29) is 12.8 Å². The van der Waals surface area contributed by atoms with Crippen LogP contribution in [0.4, 0.5) is 0 Å². The summed E-state index contributed by atoms with van der Waals surface area (Å²) in [5, 5.41) is 11.1. The minimum Gasteiger partial charge on any atom is -0.469 e. The number of halogens is 1. The molecule has 0 fully saturated rings. The molecule has 1 aromatic carbocycles. The monoisotopic (exact) mass is 324 g/mol. The SMILES string of the molecule is COC(=O)CC(NC(=O)CC#N)c1ccc(Br)cc1. The second kappa shape index (κ2) is 7.54. The van der Waals surface area contributed by atoms with Gasteiger partial charge in [-0.1, -0.05) is 28.1 Å². The van der Waals surface area contributed by atoms with E-state index in [2.05, 4.69) is 26.0 Å². The summed E-state index contributed by atoms with van der Waals surface area (Å²) in [6.07, 6.45) is -0.219. The fourth-order valence-electron chi connectivity index (χ4n) is 1.51. The Kier molecular flexibility index (Phi) is 6.03. The van der Waals surface area contributed by atoms with Crippen LogP contribution in [0.25, 0.3) is 0 Å². The van der Waals surface area contributed by atoms with Crippen molar-refractivity contribution in [3.63, 3.8) is 0 Å². The second-order valence-corrected chi connectivity index (χ2v) is 4.70. The molecule has 19 heavy (non-hydrogen) atoms. The molecule has 0 saturated heterocycles. The Hall–Kier alpha value is -1.87. The molecular weight excluding hydrogens is 312 g/mol. The fraction of sp³-hybridized carbons (Fsp3) is 0.308. The van der Waals surface area contributed by atoms with Crippen LogP contribution in [-0.2, 0) is 14.3 Å². The molecule has 0 spiro atoms. The number of rotatable bonds is 5. The number of carbonyl (C=O) groups excluding carboxylic acids is 2. The van der Waals surface area contributed by atoms with Crippen molar-refractivity contribution in [1.29, 1.82) is 5.26 Å². The molecule has 1 amide bonds. The minimum atomic E-state index is -0.499. The van der Waals surface area contributed by atoms with E-state index in [1.807, 2.05) is 12.1 Å². The van der Waals surface area contributed by atoms with Crippen LogP contribution in [0.5, 0.6) is 0 Å². The molecule has 0 saturated carbocycles. The van der Waals surface area contributed by atoms with E-state index in [1.165, 1.54) is 7.11 Å². The predicted octanol–water partition coefficient (Wildman–Crippen LogP) is 2.08. The fourth-order valence-corrected chi connectivity index (χ4v) is 1.78. The van der Waals surface area contributed by atoms with Gasteiger partial charge in [-0.05, 0) is 17.7 Å². The number of nitriles is 1. The molecule has 0 heterocycles. The summed E-state index contributed by atoms with van der Waals surface area (Å²) < 4.78 is 5.50. The highest BCUT2D eigenvalue weighted by Gasteiger charge is 2.18. The molecule has 1 aromatic rings. The largest absolute Gasteiger partial charge is 0.469 e. The summed E-state index contributed by atoms with van der Waals surface area (Å²) in [5.74, 6) is -0.843. The van der Waals surface area contributed by atoms with E-state index in [9.17, 15) is 9.59 Å². The van der Waals surface area contributed by atoms with E-state index in [0.717, 1.165) is 10.0 Å². The van der Waals surface area contributed by atoms with E-state index in [4.69, 9.17) is 5.26 Å². The quantitative estimate of drug-likeness (QED) is 0.841. The highest BCUT2D eigenvalue weighted by Crippen LogP contribution is 2.20. The summed E-state index contributed by atoms with van der Waals surface area (Å²) in [7, 11) is 1.29. The molecule has 0 radical (unpaired) electrons. The number of carbonyl (C=O) groups is 2. The van der Waals surface area contributed by atoms with Gasteiger partial charge in [0.1, 0.15) is 6.42 Å². The highest BCUT2D eigenvalue weighted by atomic mass is 79.9. The molecule has 1 unspecified atom stereocenters. The topological polar surface area (TPSA) is 79.2 Å². The number of esters is 1. The lowest BCUT2D eigenvalue weighted by atomic mass is 10.0. The van der Waals surface area contributed by atoms with Crippen LogP contribution in [0.2, 0.25) is 0 Å². The number of methoxy groups -OCH3 is 1. The number of amides is 1. The highest BCUT2D eigenvalue weighted by molar-refractivity contribution is 9.10. The molecule has 5 nitrogen and oxygen atoms in total. The number of nitrogens with zero attached hydrogens (tertiary/aromatic N) is 1. The van der Waals surface area contributed by atoms with Gasteiger partial charge in [0.15, 0.2) is 0 Å². The van der Waals surface area contributed by atoms with Crippen LogP contribution >= 0.6 is 15.9 Å². The van der Waals surface area contributed by atoms with Gasteiger partial charge >= 0.3 is 5.97 Å². The van der Waals surface area contributed by atoms with Gasteiger partial charge in [0, 0.05) is 4.47 Å². The number of hydrogen-bond acceptors (Lipinski definition) is 4. The zero-order valence-electron chi connectivity index (χ0n) is 10.4. The summed E-state index contributed by atoms with van der Waals surface area (Å²) in [6.45, 7) is 0. The Morgan fingerprint density at radius 1 is 1.42 bits per heavy atom. The van der Waals surface area contributed by atoms with Crippen molar-refractivity contribution in [3.05, 3.63) is 34.3 Å². The van der Waals surface area contributed by atoms with Crippen molar-refractivity contribution in [2.75, 3.05) is 7.11 Å². The molecule has 6 heteroatoms. The summed E-state index contributed by atoms with van der Waals surface area (Å²) in [4.78, 5) is 22.8. The molecule has 100 valence electrons. The van der Waals surface area contributed by atoms with Gasteiger partial charge in [-0.15, -0.1) is 0 Å².